The number of hydrogen-bond acceptors (Lipinski definition) is 5. The molecule has 1 saturated carbocycles. The van der Waals surface area contributed by atoms with Crippen LogP contribution in [0.4, 0.5) is 0 Å². The standard InChI is InChI=1S/C18H23N3O4/c1-21(18(12-19)8-4-3-5-9-18)16(22)11-25-15-10-13(24-2)6-7-14(15)17(20)23/h6-7,10H,3-5,8-9,11H2,1-2H3,(H2,20,23). The summed E-state index contributed by atoms with van der Waals surface area (Å²) in [5.74, 6) is -0.300. The predicted octanol–water partition coefficient (Wildman–Crippen LogP) is 1.86. The molecular formula is C18H23N3O4. The fourth-order valence-corrected chi connectivity index (χ4v) is 3.09. The van der Waals surface area contributed by atoms with Gasteiger partial charge < -0.3 is 20.1 Å². The van der Waals surface area contributed by atoms with Crippen molar-refractivity contribution in [3.05, 3.63) is 23.8 Å². The average Bonchev–Trinajstić information content (AvgIpc) is 2.65. The molecular weight excluding hydrogens is 322 g/mol. The number of amides is 2. The summed E-state index contributed by atoms with van der Waals surface area (Å²) in [6, 6.07) is 6.89. The molecule has 1 aliphatic rings. The van der Waals surface area contributed by atoms with Gasteiger partial charge in [-0.05, 0) is 25.0 Å². The number of carbonyl (C=O) groups is 2. The van der Waals surface area contributed by atoms with Gasteiger partial charge in [-0.15, -0.1) is 0 Å². The van der Waals surface area contributed by atoms with Crippen LogP contribution in [0, 0.1) is 11.3 Å². The summed E-state index contributed by atoms with van der Waals surface area (Å²) < 4.78 is 10.6. The molecule has 1 aliphatic carbocycles. The van der Waals surface area contributed by atoms with E-state index in [-0.39, 0.29) is 23.8 Å². The molecule has 25 heavy (non-hydrogen) atoms. The Balaban J connectivity index is 2.11. The summed E-state index contributed by atoms with van der Waals surface area (Å²) in [5, 5.41) is 9.57. The maximum Gasteiger partial charge on any atom is 0.261 e. The lowest BCUT2D eigenvalue weighted by Crippen LogP contribution is -2.51. The Kier molecular flexibility index (Phi) is 5.86. The second-order valence-corrected chi connectivity index (χ2v) is 6.17. The summed E-state index contributed by atoms with van der Waals surface area (Å²) in [6.07, 6.45) is 4.25. The van der Waals surface area contributed by atoms with Crippen LogP contribution in [0.2, 0.25) is 0 Å². The van der Waals surface area contributed by atoms with E-state index in [1.807, 2.05) is 0 Å². The van der Waals surface area contributed by atoms with Crippen molar-refractivity contribution in [2.24, 2.45) is 5.73 Å². The molecule has 0 heterocycles. The molecule has 1 aromatic carbocycles. The van der Waals surface area contributed by atoms with Gasteiger partial charge in [-0.2, -0.15) is 5.26 Å². The van der Waals surface area contributed by atoms with Crippen LogP contribution in [0.5, 0.6) is 11.5 Å². The number of benzene rings is 1. The largest absolute Gasteiger partial charge is 0.497 e. The van der Waals surface area contributed by atoms with E-state index < -0.39 is 11.4 Å². The lowest BCUT2D eigenvalue weighted by molar-refractivity contribution is -0.137. The number of methoxy groups -OCH3 is 1. The SMILES string of the molecule is COc1ccc(C(N)=O)c(OCC(=O)N(C)C2(C#N)CCCCC2)c1. The van der Waals surface area contributed by atoms with Crippen LogP contribution in [-0.2, 0) is 4.79 Å². The second-order valence-electron chi connectivity index (χ2n) is 6.17. The Morgan fingerprint density at radius 2 is 2.00 bits per heavy atom. The summed E-state index contributed by atoms with van der Waals surface area (Å²) in [6.45, 7) is -0.284. The van der Waals surface area contributed by atoms with Crippen molar-refractivity contribution in [3.63, 3.8) is 0 Å². The molecule has 0 bridgehead atoms. The average molecular weight is 345 g/mol. The van der Waals surface area contributed by atoms with E-state index >= 15 is 0 Å². The molecule has 2 amide bonds. The van der Waals surface area contributed by atoms with E-state index in [1.165, 1.54) is 24.1 Å². The van der Waals surface area contributed by atoms with Gasteiger partial charge in [0.1, 0.15) is 17.0 Å². The lowest BCUT2D eigenvalue weighted by Gasteiger charge is -2.38. The maximum atomic E-state index is 12.5. The van der Waals surface area contributed by atoms with Gasteiger partial charge in [0.05, 0.1) is 18.7 Å². The van der Waals surface area contributed by atoms with Gasteiger partial charge in [0.2, 0.25) is 0 Å². The Hall–Kier alpha value is -2.75. The van der Waals surface area contributed by atoms with Crippen molar-refractivity contribution in [2.75, 3.05) is 20.8 Å². The molecule has 0 saturated heterocycles. The first-order chi connectivity index (χ1) is 11.9. The minimum atomic E-state index is -0.778. The van der Waals surface area contributed by atoms with Crippen LogP contribution >= 0.6 is 0 Å². The number of primary amides is 1. The fourth-order valence-electron chi connectivity index (χ4n) is 3.09. The summed E-state index contributed by atoms with van der Waals surface area (Å²) >= 11 is 0. The summed E-state index contributed by atoms with van der Waals surface area (Å²) in [7, 11) is 3.11. The van der Waals surface area contributed by atoms with Gasteiger partial charge in [0, 0.05) is 13.1 Å². The number of carbonyl (C=O) groups excluding carboxylic acids is 2. The van der Waals surface area contributed by atoms with Gasteiger partial charge in [0.25, 0.3) is 11.8 Å². The van der Waals surface area contributed by atoms with E-state index in [9.17, 15) is 14.9 Å². The van der Waals surface area contributed by atoms with Crippen LogP contribution in [0.25, 0.3) is 0 Å². The Bertz CT molecular complexity index is 690. The number of ether oxygens (including phenoxy) is 2. The highest BCUT2D eigenvalue weighted by Gasteiger charge is 2.38. The highest BCUT2D eigenvalue weighted by Crippen LogP contribution is 2.32. The quantitative estimate of drug-likeness (QED) is 0.847. The fraction of sp³-hybridized carbons (Fsp3) is 0.500. The molecule has 7 heteroatoms. The molecule has 0 radical (unpaired) electrons. The second kappa shape index (κ2) is 7.88. The summed E-state index contributed by atoms with van der Waals surface area (Å²) in [4.78, 5) is 25.5. The van der Waals surface area contributed by atoms with E-state index in [0.29, 0.717) is 18.6 Å². The van der Waals surface area contributed by atoms with Gasteiger partial charge in [-0.1, -0.05) is 19.3 Å². The van der Waals surface area contributed by atoms with E-state index in [0.717, 1.165) is 19.3 Å². The van der Waals surface area contributed by atoms with Crippen LogP contribution in [0.1, 0.15) is 42.5 Å². The van der Waals surface area contributed by atoms with Crippen molar-refractivity contribution < 1.29 is 19.1 Å². The van der Waals surface area contributed by atoms with Crippen LogP contribution < -0.4 is 15.2 Å². The first-order valence-corrected chi connectivity index (χ1v) is 8.22. The monoisotopic (exact) mass is 345 g/mol. The molecule has 7 nitrogen and oxygen atoms in total. The Labute approximate surface area is 147 Å². The predicted molar refractivity (Wildman–Crippen MR) is 91.2 cm³/mol. The van der Waals surface area contributed by atoms with Crippen LogP contribution in [-0.4, -0.2) is 43.0 Å². The van der Waals surface area contributed by atoms with Gasteiger partial charge in [0.15, 0.2) is 6.61 Å². The number of likely N-dealkylation sites (N-methyl/N-ethyl adjacent to an activating group) is 1. The van der Waals surface area contributed by atoms with Gasteiger partial charge in [-0.3, -0.25) is 9.59 Å². The number of nitrogens with two attached hydrogens (primary N) is 1. The Morgan fingerprint density at radius 3 is 2.56 bits per heavy atom. The van der Waals surface area contributed by atoms with Gasteiger partial charge in [-0.25, -0.2) is 0 Å². The van der Waals surface area contributed by atoms with Gasteiger partial charge >= 0.3 is 0 Å². The highest BCUT2D eigenvalue weighted by molar-refractivity contribution is 5.96. The normalized spacial score (nSPS) is 15.7. The molecule has 134 valence electrons. The molecule has 0 aromatic heterocycles. The third-order valence-corrected chi connectivity index (χ3v) is 4.71. The number of hydrogen-bond donors (Lipinski definition) is 1. The van der Waals surface area contributed by atoms with Crippen molar-refractivity contribution >= 4 is 11.8 Å². The number of nitrogens with zero attached hydrogens (tertiary/aromatic N) is 2. The molecule has 0 atom stereocenters. The van der Waals surface area contributed by atoms with Crippen LogP contribution in [0.3, 0.4) is 0 Å². The molecule has 1 aromatic rings. The zero-order chi connectivity index (χ0) is 18.4. The lowest BCUT2D eigenvalue weighted by atomic mass is 9.81. The Morgan fingerprint density at radius 1 is 1.32 bits per heavy atom. The maximum absolute atomic E-state index is 12.5. The van der Waals surface area contributed by atoms with Crippen molar-refractivity contribution in [3.8, 4) is 17.6 Å². The smallest absolute Gasteiger partial charge is 0.261 e. The van der Waals surface area contributed by atoms with E-state index in [4.69, 9.17) is 15.2 Å². The number of nitriles is 1. The number of rotatable bonds is 6. The zero-order valence-electron chi connectivity index (χ0n) is 14.6. The van der Waals surface area contributed by atoms with Crippen molar-refractivity contribution in [1.82, 2.24) is 4.90 Å². The summed E-state index contributed by atoms with van der Waals surface area (Å²) in [5.41, 5.74) is 4.73. The van der Waals surface area contributed by atoms with Crippen LogP contribution in [0.15, 0.2) is 18.2 Å². The molecule has 0 spiro atoms. The van der Waals surface area contributed by atoms with E-state index in [2.05, 4.69) is 6.07 Å². The van der Waals surface area contributed by atoms with E-state index in [1.54, 1.807) is 13.1 Å². The molecule has 1 fully saturated rings. The first-order valence-electron chi connectivity index (χ1n) is 8.22. The molecule has 2 rings (SSSR count). The molecule has 2 N–H and O–H groups in total. The third-order valence-electron chi connectivity index (χ3n) is 4.71. The third kappa shape index (κ3) is 4.02. The zero-order valence-corrected chi connectivity index (χ0v) is 14.6. The topological polar surface area (TPSA) is 106 Å². The van der Waals surface area contributed by atoms with Crippen molar-refractivity contribution in [2.45, 2.75) is 37.6 Å². The minimum Gasteiger partial charge on any atom is -0.497 e. The molecule has 0 aliphatic heterocycles. The minimum absolute atomic E-state index is 0.170. The molecule has 0 unspecified atom stereocenters. The highest BCUT2D eigenvalue weighted by atomic mass is 16.5. The first kappa shape index (κ1) is 18.6. The van der Waals surface area contributed by atoms with Crippen molar-refractivity contribution in [1.29, 1.82) is 5.26 Å².